The number of nitriles is 1. The smallest absolute Gasteiger partial charge is 0.0870 e. The molecule has 0 aromatic heterocycles. The number of hydrogen-bond donors (Lipinski definition) is 0. The molecule has 68 valence electrons. The van der Waals surface area contributed by atoms with Crippen LogP contribution < -0.4 is 0 Å². The van der Waals surface area contributed by atoms with Gasteiger partial charge < -0.3 is 4.74 Å². The van der Waals surface area contributed by atoms with Crippen LogP contribution in [0.25, 0.3) is 0 Å². The molecule has 0 amide bonds. The van der Waals surface area contributed by atoms with Crippen molar-refractivity contribution in [2.24, 2.45) is 0 Å². The third-order valence-corrected chi connectivity index (χ3v) is 2.33. The van der Waals surface area contributed by atoms with Crippen LogP contribution in [0.1, 0.15) is 20.3 Å². The fourth-order valence-corrected chi connectivity index (χ4v) is 1.57. The highest BCUT2D eigenvalue weighted by atomic mass is 16.5. The van der Waals surface area contributed by atoms with Gasteiger partial charge in [-0.2, -0.15) is 5.26 Å². The Balaban J connectivity index is 2.47. The molecule has 2 atom stereocenters. The molecule has 3 nitrogen and oxygen atoms in total. The van der Waals surface area contributed by atoms with Crippen molar-refractivity contribution in [2.75, 3.05) is 19.7 Å². The lowest BCUT2D eigenvalue weighted by Gasteiger charge is -2.36. The number of nitrogens with zero attached hydrogens (tertiary/aromatic N) is 2. The Morgan fingerprint density at radius 2 is 2.42 bits per heavy atom. The normalized spacial score (nSPS) is 31.4. The van der Waals surface area contributed by atoms with Gasteiger partial charge in [-0.1, -0.05) is 6.92 Å². The standard InChI is InChI=1S/C9H16N2O/c1-3-9-7-12-8(2)6-11(9)5-4-10/h8-9H,3,5-7H2,1-2H3. The van der Waals surface area contributed by atoms with Crippen LogP contribution in [0.2, 0.25) is 0 Å². The van der Waals surface area contributed by atoms with E-state index in [1.807, 2.05) is 0 Å². The largest absolute Gasteiger partial charge is 0.376 e. The minimum Gasteiger partial charge on any atom is -0.376 e. The lowest BCUT2D eigenvalue weighted by Crippen LogP contribution is -2.48. The number of ether oxygens (including phenoxy) is 1. The first-order valence-corrected chi connectivity index (χ1v) is 4.50. The molecule has 0 radical (unpaired) electrons. The average molecular weight is 168 g/mol. The molecule has 0 aromatic carbocycles. The Hall–Kier alpha value is -0.590. The van der Waals surface area contributed by atoms with Crippen LogP contribution in [0, 0.1) is 11.3 Å². The molecule has 0 N–H and O–H groups in total. The zero-order chi connectivity index (χ0) is 8.97. The van der Waals surface area contributed by atoms with Gasteiger partial charge in [0.05, 0.1) is 25.3 Å². The molecule has 12 heavy (non-hydrogen) atoms. The maximum Gasteiger partial charge on any atom is 0.0870 e. The summed E-state index contributed by atoms with van der Waals surface area (Å²) < 4.78 is 5.51. The van der Waals surface area contributed by atoms with Crippen LogP contribution in [-0.2, 0) is 4.74 Å². The Morgan fingerprint density at radius 1 is 1.67 bits per heavy atom. The predicted molar refractivity (Wildman–Crippen MR) is 46.7 cm³/mol. The van der Waals surface area contributed by atoms with Gasteiger partial charge in [0.2, 0.25) is 0 Å². The molecular weight excluding hydrogens is 152 g/mol. The fraction of sp³-hybridized carbons (Fsp3) is 0.889. The highest BCUT2D eigenvalue weighted by Gasteiger charge is 2.24. The van der Waals surface area contributed by atoms with E-state index in [2.05, 4.69) is 24.8 Å². The van der Waals surface area contributed by atoms with Crippen LogP contribution in [0.4, 0.5) is 0 Å². The zero-order valence-electron chi connectivity index (χ0n) is 7.79. The summed E-state index contributed by atoms with van der Waals surface area (Å²) in [5, 5.41) is 8.59. The van der Waals surface area contributed by atoms with Gasteiger partial charge >= 0.3 is 0 Å². The van der Waals surface area contributed by atoms with Gasteiger partial charge in [0, 0.05) is 12.6 Å². The number of rotatable bonds is 2. The van der Waals surface area contributed by atoms with Gasteiger partial charge in [0.25, 0.3) is 0 Å². The maximum absolute atomic E-state index is 8.59. The molecule has 0 aliphatic carbocycles. The summed E-state index contributed by atoms with van der Waals surface area (Å²) >= 11 is 0. The fourth-order valence-electron chi connectivity index (χ4n) is 1.57. The molecule has 0 saturated carbocycles. The van der Waals surface area contributed by atoms with E-state index in [-0.39, 0.29) is 6.10 Å². The van der Waals surface area contributed by atoms with Gasteiger partial charge in [0.15, 0.2) is 0 Å². The highest BCUT2D eigenvalue weighted by molar-refractivity contribution is 4.85. The molecule has 1 aliphatic rings. The number of hydrogen-bond acceptors (Lipinski definition) is 3. The minimum atomic E-state index is 0.279. The summed E-state index contributed by atoms with van der Waals surface area (Å²) in [5.41, 5.74) is 0. The van der Waals surface area contributed by atoms with E-state index in [1.54, 1.807) is 0 Å². The molecular formula is C9H16N2O. The predicted octanol–water partition coefficient (Wildman–Crippen LogP) is 1.01. The second kappa shape index (κ2) is 4.44. The third kappa shape index (κ3) is 2.20. The molecule has 2 unspecified atom stereocenters. The van der Waals surface area contributed by atoms with E-state index >= 15 is 0 Å². The first-order valence-electron chi connectivity index (χ1n) is 4.50. The monoisotopic (exact) mass is 168 g/mol. The van der Waals surface area contributed by atoms with Gasteiger partial charge in [0.1, 0.15) is 0 Å². The van der Waals surface area contributed by atoms with Crippen LogP contribution in [-0.4, -0.2) is 36.7 Å². The van der Waals surface area contributed by atoms with Crippen molar-refractivity contribution in [1.29, 1.82) is 5.26 Å². The zero-order valence-corrected chi connectivity index (χ0v) is 7.79. The van der Waals surface area contributed by atoms with E-state index in [1.165, 1.54) is 0 Å². The van der Waals surface area contributed by atoms with E-state index in [9.17, 15) is 0 Å². The lowest BCUT2D eigenvalue weighted by molar-refractivity contribution is -0.0506. The van der Waals surface area contributed by atoms with Crippen molar-refractivity contribution in [3.8, 4) is 6.07 Å². The molecule has 1 aliphatic heterocycles. The van der Waals surface area contributed by atoms with E-state index in [0.29, 0.717) is 12.6 Å². The van der Waals surface area contributed by atoms with Crippen molar-refractivity contribution in [3.63, 3.8) is 0 Å². The van der Waals surface area contributed by atoms with E-state index in [0.717, 1.165) is 19.6 Å². The van der Waals surface area contributed by atoms with Crippen LogP contribution >= 0.6 is 0 Å². The first kappa shape index (κ1) is 9.50. The first-order chi connectivity index (χ1) is 5.77. The SMILES string of the molecule is CCC1COC(C)CN1CC#N. The van der Waals surface area contributed by atoms with Crippen LogP contribution in [0.5, 0.6) is 0 Å². The average Bonchev–Trinajstić information content (AvgIpc) is 2.05. The molecule has 1 fully saturated rings. The second-order valence-electron chi connectivity index (χ2n) is 3.29. The summed E-state index contributed by atoms with van der Waals surface area (Å²) in [6, 6.07) is 2.64. The molecule has 1 heterocycles. The summed E-state index contributed by atoms with van der Waals surface area (Å²) in [6.45, 7) is 6.39. The van der Waals surface area contributed by atoms with Crippen molar-refractivity contribution >= 4 is 0 Å². The van der Waals surface area contributed by atoms with Crippen LogP contribution in [0.3, 0.4) is 0 Å². The lowest BCUT2D eigenvalue weighted by atomic mass is 10.1. The molecule has 1 rings (SSSR count). The summed E-state index contributed by atoms with van der Waals surface area (Å²) in [5.74, 6) is 0. The van der Waals surface area contributed by atoms with Crippen molar-refractivity contribution in [1.82, 2.24) is 4.90 Å². The van der Waals surface area contributed by atoms with Crippen molar-refractivity contribution in [2.45, 2.75) is 32.4 Å². The summed E-state index contributed by atoms with van der Waals surface area (Å²) in [6.07, 6.45) is 1.34. The molecule has 0 aromatic rings. The van der Waals surface area contributed by atoms with Crippen molar-refractivity contribution in [3.05, 3.63) is 0 Å². The van der Waals surface area contributed by atoms with Gasteiger partial charge in [-0.05, 0) is 13.3 Å². The van der Waals surface area contributed by atoms with Gasteiger partial charge in [-0.25, -0.2) is 0 Å². The highest BCUT2D eigenvalue weighted by Crippen LogP contribution is 2.13. The molecule has 0 bridgehead atoms. The topological polar surface area (TPSA) is 36.3 Å². The van der Waals surface area contributed by atoms with E-state index < -0.39 is 0 Å². The van der Waals surface area contributed by atoms with Gasteiger partial charge in [-0.3, -0.25) is 4.90 Å². The second-order valence-corrected chi connectivity index (χ2v) is 3.29. The Labute approximate surface area is 73.9 Å². The van der Waals surface area contributed by atoms with Gasteiger partial charge in [-0.15, -0.1) is 0 Å². The Kier molecular flexibility index (Phi) is 3.51. The summed E-state index contributed by atoms with van der Waals surface area (Å²) in [7, 11) is 0. The Bertz CT molecular complexity index is 176. The summed E-state index contributed by atoms with van der Waals surface area (Å²) in [4.78, 5) is 2.20. The Morgan fingerprint density at radius 3 is 3.00 bits per heavy atom. The molecule has 1 saturated heterocycles. The minimum absolute atomic E-state index is 0.279. The number of morpholine rings is 1. The van der Waals surface area contributed by atoms with E-state index in [4.69, 9.17) is 10.00 Å². The molecule has 0 spiro atoms. The third-order valence-electron chi connectivity index (χ3n) is 2.33. The van der Waals surface area contributed by atoms with Crippen molar-refractivity contribution < 1.29 is 4.74 Å². The molecule has 3 heteroatoms. The maximum atomic E-state index is 8.59. The van der Waals surface area contributed by atoms with Crippen LogP contribution in [0.15, 0.2) is 0 Å². The quantitative estimate of drug-likeness (QED) is 0.577.